The van der Waals surface area contributed by atoms with E-state index in [1.807, 2.05) is 80.6 Å². The number of hydrogen-bond acceptors (Lipinski definition) is 3. The molecule has 3 rings (SSSR count). The van der Waals surface area contributed by atoms with Crippen molar-refractivity contribution in [2.45, 2.75) is 45.0 Å². The topological polar surface area (TPSA) is 49.4 Å². The molecule has 184 valence electrons. The van der Waals surface area contributed by atoms with Gasteiger partial charge in [0.1, 0.15) is 6.04 Å². The molecular weight excluding hydrogens is 520 g/mol. The Labute approximate surface area is 221 Å². The van der Waals surface area contributed by atoms with Crippen molar-refractivity contribution in [3.8, 4) is 0 Å². The van der Waals surface area contributed by atoms with Gasteiger partial charge in [-0.05, 0) is 42.2 Å². The Morgan fingerprint density at radius 3 is 2.23 bits per heavy atom. The number of amides is 2. The summed E-state index contributed by atoms with van der Waals surface area (Å²) in [7, 11) is 0. The van der Waals surface area contributed by atoms with Gasteiger partial charge in [0.2, 0.25) is 11.8 Å². The molecule has 6 heteroatoms. The normalized spacial score (nSPS) is 11.6. The summed E-state index contributed by atoms with van der Waals surface area (Å²) in [5, 5.41) is 3.03. The molecule has 3 aromatic carbocycles. The number of nitrogens with zero attached hydrogens (tertiary/aromatic N) is 1. The molecule has 1 atom stereocenters. The minimum atomic E-state index is -0.578. The summed E-state index contributed by atoms with van der Waals surface area (Å²) in [5.41, 5.74) is 4.38. The highest BCUT2D eigenvalue weighted by molar-refractivity contribution is 9.10. The van der Waals surface area contributed by atoms with Gasteiger partial charge in [0.05, 0.1) is 5.75 Å². The Balaban J connectivity index is 1.81. The molecule has 1 N–H and O–H groups in total. The highest BCUT2D eigenvalue weighted by Gasteiger charge is 2.30. The summed E-state index contributed by atoms with van der Waals surface area (Å²) in [6.07, 6.45) is 1.32. The van der Waals surface area contributed by atoms with E-state index in [-0.39, 0.29) is 11.8 Å². The molecule has 2 amide bonds. The van der Waals surface area contributed by atoms with Gasteiger partial charge in [-0.15, -0.1) is 11.8 Å². The molecular formula is C29H33BrN2O2S. The number of aryl methyl sites for hydroxylation is 1. The summed E-state index contributed by atoms with van der Waals surface area (Å²) in [4.78, 5) is 28.7. The van der Waals surface area contributed by atoms with E-state index in [0.29, 0.717) is 25.3 Å². The molecule has 0 aliphatic rings. The first kappa shape index (κ1) is 27.0. The van der Waals surface area contributed by atoms with Crippen LogP contribution >= 0.6 is 27.7 Å². The summed E-state index contributed by atoms with van der Waals surface area (Å²) in [6.45, 7) is 5.06. The standard InChI is InChI=1S/C29H33BrN2O2S/c1-3-17-31-29(34)27(18-23-7-5-4-6-8-23)32(19-24-11-9-22(2)10-12-24)28(33)21-35-20-25-13-15-26(30)16-14-25/h4-16,27H,3,17-21H2,1-2H3,(H,31,34)/t27-/m1/s1. The van der Waals surface area contributed by atoms with Crippen molar-refractivity contribution < 1.29 is 9.59 Å². The first-order valence-corrected chi connectivity index (χ1v) is 13.9. The maximum absolute atomic E-state index is 13.6. The third kappa shape index (κ3) is 8.86. The van der Waals surface area contributed by atoms with Crippen molar-refractivity contribution in [3.05, 3.63) is 106 Å². The SMILES string of the molecule is CCCNC(=O)[C@@H](Cc1ccccc1)N(Cc1ccc(C)cc1)C(=O)CSCc1ccc(Br)cc1. The van der Waals surface area contributed by atoms with Crippen molar-refractivity contribution in [1.82, 2.24) is 10.2 Å². The number of rotatable bonds is 12. The van der Waals surface area contributed by atoms with E-state index in [9.17, 15) is 9.59 Å². The Morgan fingerprint density at radius 2 is 1.57 bits per heavy atom. The van der Waals surface area contributed by atoms with Gasteiger partial charge in [0.25, 0.3) is 0 Å². The van der Waals surface area contributed by atoms with Crippen LogP contribution < -0.4 is 5.32 Å². The van der Waals surface area contributed by atoms with Crippen molar-refractivity contribution in [2.75, 3.05) is 12.3 Å². The Hall–Kier alpha value is -2.57. The maximum Gasteiger partial charge on any atom is 0.243 e. The van der Waals surface area contributed by atoms with Crippen LogP contribution in [0.2, 0.25) is 0 Å². The van der Waals surface area contributed by atoms with Crippen LogP contribution in [0.5, 0.6) is 0 Å². The van der Waals surface area contributed by atoms with Crippen LogP contribution in [0.15, 0.2) is 83.3 Å². The number of carbonyl (C=O) groups is 2. The lowest BCUT2D eigenvalue weighted by atomic mass is 10.0. The summed E-state index contributed by atoms with van der Waals surface area (Å²) >= 11 is 5.04. The molecule has 3 aromatic rings. The maximum atomic E-state index is 13.6. The number of hydrogen-bond donors (Lipinski definition) is 1. The van der Waals surface area contributed by atoms with Gasteiger partial charge in [-0.2, -0.15) is 0 Å². The minimum Gasteiger partial charge on any atom is -0.354 e. The third-order valence-electron chi connectivity index (χ3n) is 5.70. The lowest BCUT2D eigenvalue weighted by Gasteiger charge is -2.31. The molecule has 0 heterocycles. The first-order chi connectivity index (χ1) is 17.0. The van der Waals surface area contributed by atoms with E-state index in [0.717, 1.165) is 33.3 Å². The van der Waals surface area contributed by atoms with Gasteiger partial charge in [0.15, 0.2) is 0 Å². The fourth-order valence-corrected chi connectivity index (χ4v) is 4.86. The predicted octanol–water partition coefficient (Wildman–Crippen LogP) is 6.16. The molecule has 0 saturated carbocycles. The number of benzene rings is 3. The van der Waals surface area contributed by atoms with E-state index in [1.54, 1.807) is 16.7 Å². The van der Waals surface area contributed by atoms with Crippen molar-refractivity contribution >= 4 is 39.5 Å². The van der Waals surface area contributed by atoms with Gasteiger partial charge < -0.3 is 10.2 Å². The highest BCUT2D eigenvalue weighted by atomic mass is 79.9. The van der Waals surface area contributed by atoms with Crippen LogP contribution in [0, 0.1) is 6.92 Å². The number of nitrogens with one attached hydrogen (secondary N) is 1. The predicted molar refractivity (Wildman–Crippen MR) is 149 cm³/mol. The summed E-state index contributed by atoms with van der Waals surface area (Å²) in [5.74, 6) is 0.922. The van der Waals surface area contributed by atoms with Crippen LogP contribution in [0.3, 0.4) is 0 Å². The second-order valence-electron chi connectivity index (χ2n) is 8.62. The molecule has 0 spiro atoms. The third-order valence-corrected chi connectivity index (χ3v) is 7.22. The fraction of sp³-hybridized carbons (Fsp3) is 0.310. The number of halogens is 1. The molecule has 0 bridgehead atoms. The average molecular weight is 554 g/mol. The highest BCUT2D eigenvalue weighted by Crippen LogP contribution is 2.20. The van der Waals surface area contributed by atoms with Gasteiger partial charge in [-0.3, -0.25) is 9.59 Å². The van der Waals surface area contributed by atoms with Crippen LogP contribution in [0.1, 0.15) is 35.6 Å². The molecule has 0 aliphatic heterocycles. The van der Waals surface area contributed by atoms with Crippen LogP contribution in [0.25, 0.3) is 0 Å². The fourth-order valence-electron chi connectivity index (χ4n) is 3.73. The Morgan fingerprint density at radius 1 is 0.914 bits per heavy atom. The Kier molecular flexibility index (Phi) is 10.9. The van der Waals surface area contributed by atoms with E-state index >= 15 is 0 Å². The van der Waals surface area contributed by atoms with E-state index in [1.165, 1.54) is 5.56 Å². The lowest BCUT2D eigenvalue weighted by molar-refractivity contribution is -0.139. The van der Waals surface area contributed by atoms with Crippen LogP contribution in [0.4, 0.5) is 0 Å². The zero-order valence-electron chi connectivity index (χ0n) is 20.4. The smallest absolute Gasteiger partial charge is 0.243 e. The molecule has 0 radical (unpaired) electrons. The quantitative estimate of drug-likeness (QED) is 0.293. The molecule has 0 aliphatic carbocycles. The minimum absolute atomic E-state index is 0.0275. The molecule has 4 nitrogen and oxygen atoms in total. The number of carbonyl (C=O) groups excluding carboxylic acids is 2. The first-order valence-electron chi connectivity index (χ1n) is 11.9. The lowest BCUT2D eigenvalue weighted by Crippen LogP contribution is -2.51. The second-order valence-corrected chi connectivity index (χ2v) is 10.5. The van der Waals surface area contributed by atoms with Gasteiger partial charge >= 0.3 is 0 Å². The van der Waals surface area contributed by atoms with E-state index in [2.05, 4.69) is 33.4 Å². The Bertz CT molecular complexity index is 1070. The molecule has 0 aromatic heterocycles. The van der Waals surface area contributed by atoms with Crippen molar-refractivity contribution in [2.24, 2.45) is 0 Å². The average Bonchev–Trinajstić information content (AvgIpc) is 2.87. The zero-order chi connectivity index (χ0) is 25.0. The van der Waals surface area contributed by atoms with Gasteiger partial charge in [-0.1, -0.05) is 95.1 Å². The van der Waals surface area contributed by atoms with Crippen molar-refractivity contribution in [3.63, 3.8) is 0 Å². The van der Waals surface area contributed by atoms with Gasteiger partial charge in [0, 0.05) is 29.7 Å². The summed E-state index contributed by atoms with van der Waals surface area (Å²) in [6, 6.07) is 25.6. The number of thioether (sulfide) groups is 1. The molecule has 0 fully saturated rings. The largest absolute Gasteiger partial charge is 0.354 e. The molecule has 0 unspecified atom stereocenters. The summed E-state index contributed by atoms with van der Waals surface area (Å²) < 4.78 is 1.04. The van der Waals surface area contributed by atoms with Crippen LogP contribution in [-0.2, 0) is 28.3 Å². The van der Waals surface area contributed by atoms with E-state index in [4.69, 9.17) is 0 Å². The van der Waals surface area contributed by atoms with Gasteiger partial charge in [-0.25, -0.2) is 0 Å². The zero-order valence-corrected chi connectivity index (χ0v) is 22.8. The van der Waals surface area contributed by atoms with Crippen LogP contribution in [-0.4, -0.2) is 35.1 Å². The monoisotopic (exact) mass is 552 g/mol. The van der Waals surface area contributed by atoms with Crippen molar-refractivity contribution in [1.29, 1.82) is 0 Å². The van der Waals surface area contributed by atoms with E-state index < -0.39 is 6.04 Å². The second kappa shape index (κ2) is 14.1. The molecule has 35 heavy (non-hydrogen) atoms. The molecule has 0 saturated heterocycles.